The van der Waals surface area contributed by atoms with Gasteiger partial charge in [0.1, 0.15) is 0 Å². The minimum atomic E-state index is 1.17. The summed E-state index contributed by atoms with van der Waals surface area (Å²) in [6, 6.07) is 13.2. The Morgan fingerprint density at radius 2 is 1.67 bits per heavy atom. The minimum absolute atomic E-state index is 1.17. The molecular formula is C17H16S. The summed E-state index contributed by atoms with van der Waals surface area (Å²) in [7, 11) is 0. The lowest BCUT2D eigenvalue weighted by Crippen LogP contribution is -1.80. The lowest BCUT2D eigenvalue weighted by molar-refractivity contribution is 1.04. The Balaban J connectivity index is 1.91. The van der Waals surface area contributed by atoms with Crippen molar-refractivity contribution in [3.8, 4) is 10.4 Å². The van der Waals surface area contributed by atoms with E-state index < -0.39 is 0 Å². The zero-order chi connectivity index (χ0) is 12.4. The van der Waals surface area contributed by atoms with E-state index >= 15 is 0 Å². The van der Waals surface area contributed by atoms with Crippen molar-refractivity contribution in [1.82, 2.24) is 0 Å². The first-order valence-electron chi connectivity index (χ1n) is 6.37. The molecule has 90 valence electrons. The molecule has 0 nitrogen and oxygen atoms in total. The number of hydrogen-bond acceptors (Lipinski definition) is 1. The molecule has 0 spiro atoms. The van der Waals surface area contributed by atoms with Crippen LogP contribution in [0.1, 0.15) is 23.3 Å². The Morgan fingerprint density at radius 1 is 0.889 bits per heavy atom. The number of aryl methyl sites for hydroxylation is 1. The number of rotatable bonds is 2. The van der Waals surface area contributed by atoms with Gasteiger partial charge in [0, 0.05) is 9.75 Å². The third-order valence-corrected chi connectivity index (χ3v) is 4.40. The Hall–Kier alpha value is -1.60. The Bertz CT molecular complexity index is 597. The van der Waals surface area contributed by atoms with Crippen LogP contribution in [0.5, 0.6) is 0 Å². The second-order valence-electron chi connectivity index (χ2n) is 4.67. The number of benzene rings is 1. The summed E-state index contributed by atoms with van der Waals surface area (Å²) in [6.45, 7) is 2.13. The van der Waals surface area contributed by atoms with E-state index in [0.717, 1.165) is 0 Å². The quantitative estimate of drug-likeness (QED) is 0.666. The van der Waals surface area contributed by atoms with Crippen molar-refractivity contribution in [1.29, 1.82) is 0 Å². The summed E-state index contributed by atoms with van der Waals surface area (Å²) in [5, 5.41) is 0. The largest absolute Gasteiger partial charge is 0.135 e. The minimum Gasteiger partial charge on any atom is -0.135 e. The molecule has 3 rings (SSSR count). The predicted octanol–water partition coefficient (Wildman–Crippen LogP) is 5.46. The Kier molecular flexibility index (Phi) is 3.16. The zero-order valence-electron chi connectivity index (χ0n) is 10.5. The molecule has 1 heteroatoms. The normalized spacial score (nSPS) is 14.6. The molecule has 1 aliphatic rings. The highest BCUT2D eigenvalue weighted by Gasteiger charge is 2.06. The highest BCUT2D eigenvalue weighted by Crippen LogP contribution is 2.33. The van der Waals surface area contributed by atoms with Gasteiger partial charge in [0.15, 0.2) is 0 Å². The molecule has 0 amide bonds. The van der Waals surface area contributed by atoms with Gasteiger partial charge >= 0.3 is 0 Å². The fourth-order valence-electron chi connectivity index (χ4n) is 2.16. The summed E-state index contributed by atoms with van der Waals surface area (Å²) >= 11 is 1.88. The summed E-state index contributed by atoms with van der Waals surface area (Å²) in [6.07, 6.45) is 9.20. The lowest BCUT2D eigenvalue weighted by Gasteiger charge is -2.03. The monoisotopic (exact) mass is 252 g/mol. The standard InChI is InChI=1S/C17H16S/c1-13-7-9-15(10-8-13)17-12-11-16(18-17)14-5-3-2-4-6-14/h3,5-12H,2,4H2,1H3. The molecule has 0 bridgehead atoms. The molecule has 0 saturated heterocycles. The van der Waals surface area contributed by atoms with Gasteiger partial charge in [-0.3, -0.25) is 0 Å². The fraction of sp³-hybridized carbons (Fsp3) is 0.176. The molecule has 0 N–H and O–H groups in total. The number of allylic oxidation sites excluding steroid dienone is 4. The van der Waals surface area contributed by atoms with Crippen LogP contribution in [-0.2, 0) is 0 Å². The third-order valence-electron chi connectivity index (χ3n) is 3.22. The van der Waals surface area contributed by atoms with Crippen LogP contribution >= 0.6 is 11.3 Å². The SMILES string of the molecule is Cc1ccc(-c2ccc(C3=CCCC=C3)s2)cc1. The summed E-state index contributed by atoms with van der Waals surface area (Å²) in [4.78, 5) is 2.73. The van der Waals surface area contributed by atoms with E-state index in [0.29, 0.717) is 0 Å². The van der Waals surface area contributed by atoms with Gasteiger partial charge in [0.05, 0.1) is 0 Å². The van der Waals surface area contributed by atoms with Crippen LogP contribution in [0.2, 0.25) is 0 Å². The first kappa shape index (κ1) is 11.5. The van der Waals surface area contributed by atoms with Gasteiger partial charge in [-0.05, 0) is 43.0 Å². The lowest BCUT2D eigenvalue weighted by atomic mass is 10.1. The van der Waals surface area contributed by atoms with Gasteiger partial charge in [0.25, 0.3) is 0 Å². The van der Waals surface area contributed by atoms with Crippen LogP contribution in [0, 0.1) is 6.92 Å². The molecule has 0 fully saturated rings. The van der Waals surface area contributed by atoms with Gasteiger partial charge in [-0.1, -0.05) is 48.1 Å². The highest BCUT2D eigenvalue weighted by molar-refractivity contribution is 7.16. The van der Waals surface area contributed by atoms with Crippen molar-refractivity contribution in [2.24, 2.45) is 0 Å². The van der Waals surface area contributed by atoms with Crippen LogP contribution in [0.3, 0.4) is 0 Å². The van der Waals surface area contributed by atoms with Gasteiger partial charge < -0.3 is 0 Å². The van der Waals surface area contributed by atoms with Crippen LogP contribution in [0.15, 0.2) is 54.6 Å². The van der Waals surface area contributed by atoms with E-state index in [-0.39, 0.29) is 0 Å². The van der Waals surface area contributed by atoms with Crippen molar-refractivity contribution in [3.05, 3.63) is 65.1 Å². The number of hydrogen-bond donors (Lipinski definition) is 0. The van der Waals surface area contributed by atoms with Crippen molar-refractivity contribution < 1.29 is 0 Å². The van der Waals surface area contributed by atoms with Gasteiger partial charge in [0.2, 0.25) is 0 Å². The molecule has 1 aliphatic carbocycles. The molecular weight excluding hydrogens is 236 g/mol. The summed E-state index contributed by atoms with van der Waals surface area (Å²) in [5.74, 6) is 0. The highest BCUT2D eigenvalue weighted by atomic mass is 32.1. The van der Waals surface area contributed by atoms with E-state index in [1.54, 1.807) is 0 Å². The molecule has 0 unspecified atom stereocenters. The molecule has 0 aliphatic heterocycles. The van der Waals surface area contributed by atoms with Crippen LogP contribution in [-0.4, -0.2) is 0 Å². The molecule has 1 heterocycles. The van der Waals surface area contributed by atoms with E-state index in [4.69, 9.17) is 0 Å². The molecule has 18 heavy (non-hydrogen) atoms. The van der Waals surface area contributed by atoms with Crippen molar-refractivity contribution >= 4 is 16.9 Å². The van der Waals surface area contributed by atoms with Crippen molar-refractivity contribution in [2.75, 3.05) is 0 Å². The Morgan fingerprint density at radius 3 is 2.39 bits per heavy atom. The second-order valence-corrected chi connectivity index (χ2v) is 5.75. The maximum Gasteiger partial charge on any atom is 0.0349 e. The topological polar surface area (TPSA) is 0 Å². The van der Waals surface area contributed by atoms with Gasteiger partial charge in [-0.2, -0.15) is 0 Å². The van der Waals surface area contributed by atoms with E-state index in [2.05, 4.69) is 61.5 Å². The number of thiophene rings is 1. The van der Waals surface area contributed by atoms with Gasteiger partial charge in [-0.15, -0.1) is 11.3 Å². The van der Waals surface area contributed by atoms with E-state index in [9.17, 15) is 0 Å². The second kappa shape index (κ2) is 4.95. The molecule has 1 aromatic carbocycles. The van der Waals surface area contributed by atoms with Crippen LogP contribution < -0.4 is 0 Å². The first-order valence-corrected chi connectivity index (χ1v) is 7.18. The maximum atomic E-state index is 2.34. The molecule has 2 aromatic rings. The molecule has 0 saturated carbocycles. The van der Waals surface area contributed by atoms with Gasteiger partial charge in [-0.25, -0.2) is 0 Å². The van der Waals surface area contributed by atoms with Crippen LogP contribution in [0.4, 0.5) is 0 Å². The van der Waals surface area contributed by atoms with Crippen molar-refractivity contribution in [2.45, 2.75) is 19.8 Å². The Labute approximate surface area is 112 Å². The average molecular weight is 252 g/mol. The molecule has 0 atom stereocenters. The van der Waals surface area contributed by atoms with Crippen molar-refractivity contribution in [3.63, 3.8) is 0 Å². The average Bonchev–Trinajstić information content (AvgIpc) is 2.90. The zero-order valence-corrected chi connectivity index (χ0v) is 11.3. The molecule has 0 radical (unpaired) electrons. The summed E-state index contributed by atoms with van der Waals surface area (Å²) < 4.78 is 0. The summed E-state index contributed by atoms with van der Waals surface area (Å²) in [5.41, 5.74) is 4.01. The third kappa shape index (κ3) is 2.32. The molecule has 1 aromatic heterocycles. The maximum absolute atomic E-state index is 2.34. The van der Waals surface area contributed by atoms with Crippen LogP contribution in [0.25, 0.3) is 16.0 Å². The van der Waals surface area contributed by atoms with E-state index in [1.807, 2.05) is 11.3 Å². The first-order chi connectivity index (χ1) is 8.83. The fourth-order valence-corrected chi connectivity index (χ4v) is 3.19. The smallest absolute Gasteiger partial charge is 0.0349 e. The van der Waals surface area contributed by atoms with E-state index in [1.165, 1.54) is 39.3 Å². The predicted molar refractivity (Wildman–Crippen MR) is 80.8 cm³/mol.